The molecule has 3 aliphatic rings. The normalized spacial score (nSPS) is 37.6. The molecule has 0 aromatic carbocycles. The third-order valence-corrected chi connectivity index (χ3v) is 4.81. The standard InChI is InChI=1S/C13H24N2/c1-2-13-9-12(1)10-15(13)8-5-11-3-6-14-7-4-11/h11-14H,1-10H2. The topological polar surface area (TPSA) is 15.3 Å². The smallest absolute Gasteiger partial charge is 0.00985 e. The molecular formula is C13H24N2. The van der Waals surface area contributed by atoms with E-state index in [9.17, 15) is 0 Å². The summed E-state index contributed by atoms with van der Waals surface area (Å²) in [6.07, 6.45) is 8.84. The van der Waals surface area contributed by atoms with E-state index < -0.39 is 0 Å². The molecule has 3 rings (SSSR count). The van der Waals surface area contributed by atoms with E-state index in [0.717, 1.165) is 17.9 Å². The Morgan fingerprint density at radius 3 is 2.60 bits per heavy atom. The molecular weight excluding hydrogens is 184 g/mol. The van der Waals surface area contributed by atoms with E-state index in [1.165, 1.54) is 64.7 Å². The Bertz CT molecular complexity index is 211. The van der Waals surface area contributed by atoms with Crippen molar-refractivity contribution in [2.45, 2.75) is 44.6 Å². The van der Waals surface area contributed by atoms with Gasteiger partial charge in [-0.2, -0.15) is 0 Å². The summed E-state index contributed by atoms with van der Waals surface area (Å²) in [4.78, 5) is 2.79. The monoisotopic (exact) mass is 208 g/mol. The molecule has 2 saturated heterocycles. The molecule has 0 radical (unpaired) electrons. The van der Waals surface area contributed by atoms with Gasteiger partial charge in [0.1, 0.15) is 0 Å². The van der Waals surface area contributed by atoms with Crippen molar-refractivity contribution >= 4 is 0 Å². The van der Waals surface area contributed by atoms with Gasteiger partial charge in [0.25, 0.3) is 0 Å². The van der Waals surface area contributed by atoms with Gasteiger partial charge in [0.2, 0.25) is 0 Å². The molecule has 3 fully saturated rings. The van der Waals surface area contributed by atoms with E-state index in [-0.39, 0.29) is 0 Å². The molecule has 1 N–H and O–H groups in total. The first-order chi connectivity index (χ1) is 7.42. The maximum Gasteiger partial charge on any atom is 0.00985 e. The van der Waals surface area contributed by atoms with Crippen molar-refractivity contribution < 1.29 is 0 Å². The number of likely N-dealkylation sites (tertiary alicyclic amines) is 1. The highest BCUT2D eigenvalue weighted by atomic mass is 15.2. The van der Waals surface area contributed by atoms with Crippen molar-refractivity contribution in [2.75, 3.05) is 26.2 Å². The molecule has 0 aromatic heterocycles. The minimum atomic E-state index is 0.983. The number of nitrogens with zero attached hydrogens (tertiary/aromatic N) is 1. The Hall–Kier alpha value is -0.0800. The van der Waals surface area contributed by atoms with E-state index in [1.54, 1.807) is 0 Å². The van der Waals surface area contributed by atoms with Gasteiger partial charge in [0.05, 0.1) is 0 Å². The molecule has 2 unspecified atom stereocenters. The fourth-order valence-electron chi connectivity index (χ4n) is 3.82. The molecule has 1 saturated carbocycles. The van der Waals surface area contributed by atoms with Gasteiger partial charge in [0, 0.05) is 12.6 Å². The van der Waals surface area contributed by atoms with E-state index in [0.29, 0.717) is 0 Å². The molecule has 2 aliphatic heterocycles. The van der Waals surface area contributed by atoms with E-state index in [4.69, 9.17) is 0 Å². The molecule has 0 spiro atoms. The van der Waals surface area contributed by atoms with Gasteiger partial charge in [0.15, 0.2) is 0 Å². The van der Waals surface area contributed by atoms with Crippen LogP contribution in [0.3, 0.4) is 0 Å². The van der Waals surface area contributed by atoms with Crippen molar-refractivity contribution in [2.24, 2.45) is 11.8 Å². The summed E-state index contributed by atoms with van der Waals surface area (Å²) < 4.78 is 0. The van der Waals surface area contributed by atoms with Crippen molar-refractivity contribution in [3.63, 3.8) is 0 Å². The molecule has 1 aliphatic carbocycles. The van der Waals surface area contributed by atoms with Gasteiger partial charge in [-0.05, 0) is 70.0 Å². The van der Waals surface area contributed by atoms with Crippen LogP contribution >= 0.6 is 0 Å². The zero-order valence-corrected chi connectivity index (χ0v) is 9.75. The van der Waals surface area contributed by atoms with Crippen LogP contribution in [0.5, 0.6) is 0 Å². The molecule has 2 heteroatoms. The first-order valence-electron chi connectivity index (χ1n) is 6.86. The molecule has 2 atom stereocenters. The fourth-order valence-corrected chi connectivity index (χ4v) is 3.82. The Balaban J connectivity index is 1.42. The van der Waals surface area contributed by atoms with Crippen LogP contribution in [0.1, 0.15) is 38.5 Å². The third kappa shape index (κ3) is 2.21. The van der Waals surface area contributed by atoms with Crippen LogP contribution in [-0.4, -0.2) is 37.1 Å². The Morgan fingerprint density at radius 1 is 1.07 bits per heavy atom. The number of hydrogen-bond acceptors (Lipinski definition) is 2. The molecule has 2 heterocycles. The molecule has 0 amide bonds. The lowest BCUT2D eigenvalue weighted by atomic mass is 9.94. The van der Waals surface area contributed by atoms with E-state index >= 15 is 0 Å². The molecule has 2 bridgehead atoms. The fraction of sp³-hybridized carbons (Fsp3) is 1.00. The average Bonchev–Trinajstić information content (AvgIpc) is 2.89. The number of hydrogen-bond donors (Lipinski definition) is 1. The third-order valence-electron chi connectivity index (χ3n) is 4.81. The second-order valence-corrected chi connectivity index (χ2v) is 5.81. The van der Waals surface area contributed by atoms with Gasteiger partial charge in [-0.25, -0.2) is 0 Å². The van der Waals surface area contributed by atoms with Crippen LogP contribution in [0.15, 0.2) is 0 Å². The van der Waals surface area contributed by atoms with Crippen LogP contribution in [0, 0.1) is 11.8 Å². The summed E-state index contributed by atoms with van der Waals surface area (Å²) in [5.41, 5.74) is 0. The summed E-state index contributed by atoms with van der Waals surface area (Å²) in [5, 5.41) is 3.46. The highest BCUT2D eigenvalue weighted by Gasteiger charge is 2.37. The summed E-state index contributed by atoms with van der Waals surface area (Å²) >= 11 is 0. The van der Waals surface area contributed by atoms with Crippen LogP contribution in [0.25, 0.3) is 0 Å². The highest BCUT2D eigenvalue weighted by Crippen LogP contribution is 2.37. The van der Waals surface area contributed by atoms with E-state index in [1.807, 2.05) is 0 Å². The second-order valence-electron chi connectivity index (χ2n) is 5.81. The zero-order chi connectivity index (χ0) is 10.1. The number of piperidine rings is 2. The minimum absolute atomic E-state index is 0.983. The minimum Gasteiger partial charge on any atom is -0.317 e. The lowest BCUT2D eigenvalue weighted by molar-refractivity contribution is 0.190. The first kappa shape index (κ1) is 10.1. The zero-order valence-electron chi connectivity index (χ0n) is 9.75. The van der Waals surface area contributed by atoms with Gasteiger partial charge in [-0.15, -0.1) is 0 Å². The van der Waals surface area contributed by atoms with Gasteiger partial charge >= 0.3 is 0 Å². The molecule has 15 heavy (non-hydrogen) atoms. The van der Waals surface area contributed by atoms with Crippen LogP contribution in [0.4, 0.5) is 0 Å². The SMILES string of the molecule is C1CC(CCN2CC3CCC2C3)CCN1. The maximum atomic E-state index is 3.46. The van der Waals surface area contributed by atoms with Crippen LogP contribution in [0.2, 0.25) is 0 Å². The van der Waals surface area contributed by atoms with Gasteiger partial charge in [-0.1, -0.05) is 0 Å². The van der Waals surface area contributed by atoms with Crippen LogP contribution < -0.4 is 5.32 Å². The molecule has 0 aromatic rings. The number of nitrogens with one attached hydrogen (secondary N) is 1. The summed E-state index contributed by atoms with van der Waals surface area (Å²) in [7, 11) is 0. The van der Waals surface area contributed by atoms with Crippen molar-refractivity contribution in [3.05, 3.63) is 0 Å². The average molecular weight is 208 g/mol. The summed E-state index contributed by atoms with van der Waals surface area (Å²) in [5.74, 6) is 2.09. The predicted molar refractivity (Wildman–Crippen MR) is 62.9 cm³/mol. The van der Waals surface area contributed by atoms with Gasteiger partial charge < -0.3 is 10.2 Å². The van der Waals surface area contributed by atoms with Crippen LogP contribution in [-0.2, 0) is 0 Å². The Kier molecular flexibility index (Phi) is 2.98. The second kappa shape index (κ2) is 4.42. The van der Waals surface area contributed by atoms with E-state index in [2.05, 4.69) is 10.2 Å². The molecule has 2 nitrogen and oxygen atoms in total. The van der Waals surface area contributed by atoms with Crippen molar-refractivity contribution in [3.8, 4) is 0 Å². The summed E-state index contributed by atoms with van der Waals surface area (Å²) in [6, 6.07) is 0.983. The highest BCUT2D eigenvalue weighted by molar-refractivity contribution is 4.92. The largest absolute Gasteiger partial charge is 0.317 e. The quantitative estimate of drug-likeness (QED) is 0.761. The van der Waals surface area contributed by atoms with Gasteiger partial charge in [-0.3, -0.25) is 0 Å². The van der Waals surface area contributed by atoms with Crippen molar-refractivity contribution in [1.29, 1.82) is 0 Å². The Morgan fingerprint density at radius 2 is 1.93 bits per heavy atom. The van der Waals surface area contributed by atoms with Crippen molar-refractivity contribution in [1.82, 2.24) is 10.2 Å². The summed E-state index contributed by atoms with van der Waals surface area (Å²) in [6.45, 7) is 5.34. The lowest BCUT2D eigenvalue weighted by Gasteiger charge is -2.30. The predicted octanol–water partition coefficient (Wildman–Crippen LogP) is 1.86. The number of fused-ring (bicyclic) bond motifs is 2. The maximum absolute atomic E-state index is 3.46. The molecule has 86 valence electrons. The number of rotatable bonds is 3. The first-order valence-corrected chi connectivity index (χ1v) is 6.86. The lowest BCUT2D eigenvalue weighted by Crippen LogP contribution is -2.35. The Labute approximate surface area is 93.4 Å².